The van der Waals surface area contributed by atoms with Gasteiger partial charge in [-0.3, -0.25) is 4.79 Å². The number of aromatic hydroxyl groups is 1. The molecule has 20 heavy (non-hydrogen) atoms. The fourth-order valence-electron chi connectivity index (χ4n) is 2.21. The van der Waals surface area contributed by atoms with Crippen LogP contribution in [0.4, 0.5) is 0 Å². The monoisotopic (exact) mass is 278 g/mol. The Bertz CT molecular complexity index is 494. The van der Waals surface area contributed by atoms with E-state index in [4.69, 9.17) is 4.74 Å². The number of carbonyl (C=O) groups is 1. The SMILES string of the molecule is CC(C)(C)NC(=O)CCNC1COc2cc(O)ccc21. The standard InChI is InChI=1S/C15H22N2O3/c1-15(2,3)17-14(19)6-7-16-12-9-20-13-8-10(18)4-5-11(12)13/h4-5,8,12,16,18H,6-7,9H2,1-3H3,(H,17,19). The molecule has 110 valence electrons. The van der Waals surface area contributed by atoms with Gasteiger partial charge in [0.1, 0.15) is 18.1 Å². The molecule has 1 aliphatic heterocycles. The number of hydrogen-bond donors (Lipinski definition) is 3. The number of fused-ring (bicyclic) bond motifs is 1. The molecule has 1 unspecified atom stereocenters. The number of carbonyl (C=O) groups excluding carboxylic acids is 1. The average Bonchev–Trinajstić information content (AvgIpc) is 2.69. The van der Waals surface area contributed by atoms with Crippen molar-refractivity contribution in [1.29, 1.82) is 0 Å². The average molecular weight is 278 g/mol. The van der Waals surface area contributed by atoms with Gasteiger partial charge in [-0.25, -0.2) is 0 Å². The molecule has 5 nitrogen and oxygen atoms in total. The molecule has 1 aromatic carbocycles. The summed E-state index contributed by atoms with van der Waals surface area (Å²) in [6.07, 6.45) is 0.432. The number of amides is 1. The Balaban J connectivity index is 1.81. The van der Waals surface area contributed by atoms with Gasteiger partial charge in [-0.2, -0.15) is 0 Å². The molecule has 0 spiro atoms. The number of ether oxygens (including phenoxy) is 1. The quantitative estimate of drug-likeness (QED) is 0.784. The fraction of sp³-hybridized carbons (Fsp3) is 0.533. The van der Waals surface area contributed by atoms with Crippen LogP contribution in [0, 0.1) is 0 Å². The summed E-state index contributed by atoms with van der Waals surface area (Å²) < 4.78 is 5.51. The van der Waals surface area contributed by atoms with Crippen LogP contribution < -0.4 is 15.4 Å². The van der Waals surface area contributed by atoms with Crippen LogP contribution in [0.2, 0.25) is 0 Å². The van der Waals surface area contributed by atoms with Gasteiger partial charge in [-0.05, 0) is 32.9 Å². The Morgan fingerprint density at radius 3 is 2.90 bits per heavy atom. The largest absolute Gasteiger partial charge is 0.508 e. The number of hydrogen-bond acceptors (Lipinski definition) is 4. The number of nitrogens with one attached hydrogen (secondary N) is 2. The highest BCUT2D eigenvalue weighted by Gasteiger charge is 2.24. The van der Waals surface area contributed by atoms with Crippen LogP contribution in [0.25, 0.3) is 0 Å². The summed E-state index contributed by atoms with van der Waals surface area (Å²) in [5, 5.41) is 15.6. The zero-order chi connectivity index (χ0) is 14.8. The smallest absolute Gasteiger partial charge is 0.221 e. The summed E-state index contributed by atoms with van der Waals surface area (Å²) in [5.74, 6) is 0.949. The molecule has 1 amide bonds. The van der Waals surface area contributed by atoms with Crippen LogP contribution in [0.3, 0.4) is 0 Å². The van der Waals surface area contributed by atoms with Crippen molar-refractivity contribution in [3.63, 3.8) is 0 Å². The van der Waals surface area contributed by atoms with Crippen molar-refractivity contribution in [3.05, 3.63) is 23.8 Å². The van der Waals surface area contributed by atoms with Gasteiger partial charge >= 0.3 is 0 Å². The van der Waals surface area contributed by atoms with Crippen LogP contribution in [-0.4, -0.2) is 29.7 Å². The number of rotatable bonds is 4. The number of phenols is 1. The number of benzene rings is 1. The zero-order valence-corrected chi connectivity index (χ0v) is 12.2. The van der Waals surface area contributed by atoms with Crippen molar-refractivity contribution >= 4 is 5.91 Å². The summed E-state index contributed by atoms with van der Waals surface area (Å²) in [4.78, 5) is 11.7. The first kappa shape index (κ1) is 14.7. The second-order valence-electron chi connectivity index (χ2n) is 6.09. The molecule has 1 aliphatic rings. The molecule has 0 aromatic heterocycles. The third-order valence-electron chi connectivity index (χ3n) is 3.04. The van der Waals surface area contributed by atoms with Crippen molar-refractivity contribution in [2.45, 2.75) is 38.8 Å². The number of phenolic OH excluding ortho intramolecular Hbond substituents is 1. The van der Waals surface area contributed by atoms with Gasteiger partial charge < -0.3 is 20.5 Å². The van der Waals surface area contributed by atoms with Crippen LogP contribution >= 0.6 is 0 Å². The van der Waals surface area contributed by atoms with Crippen LogP contribution in [0.1, 0.15) is 38.8 Å². The molecule has 1 atom stereocenters. The summed E-state index contributed by atoms with van der Waals surface area (Å²) in [7, 11) is 0. The highest BCUT2D eigenvalue weighted by atomic mass is 16.5. The molecule has 0 fully saturated rings. The summed E-state index contributed by atoms with van der Waals surface area (Å²) >= 11 is 0. The second kappa shape index (κ2) is 5.71. The molecule has 1 heterocycles. The van der Waals surface area contributed by atoms with Crippen LogP contribution in [0.15, 0.2) is 18.2 Å². The topological polar surface area (TPSA) is 70.6 Å². The highest BCUT2D eigenvalue weighted by Crippen LogP contribution is 2.34. The molecule has 5 heteroatoms. The molecule has 1 aromatic rings. The van der Waals surface area contributed by atoms with E-state index < -0.39 is 0 Å². The first-order chi connectivity index (χ1) is 9.35. The summed E-state index contributed by atoms with van der Waals surface area (Å²) in [6.45, 7) is 7.01. The molecular weight excluding hydrogens is 256 g/mol. The molecule has 2 rings (SSSR count). The van der Waals surface area contributed by atoms with Crippen LogP contribution in [-0.2, 0) is 4.79 Å². The summed E-state index contributed by atoms with van der Waals surface area (Å²) in [5.41, 5.74) is 0.830. The normalized spacial score (nSPS) is 17.4. The summed E-state index contributed by atoms with van der Waals surface area (Å²) in [6, 6.07) is 5.19. The maximum Gasteiger partial charge on any atom is 0.221 e. The van der Waals surface area contributed by atoms with E-state index in [2.05, 4.69) is 10.6 Å². The Morgan fingerprint density at radius 2 is 2.20 bits per heavy atom. The van der Waals surface area contributed by atoms with Crippen molar-refractivity contribution in [1.82, 2.24) is 10.6 Å². The Labute approximate surface area is 119 Å². The van der Waals surface area contributed by atoms with E-state index in [0.29, 0.717) is 25.3 Å². The maximum absolute atomic E-state index is 11.7. The predicted molar refractivity (Wildman–Crippen MR) is 76.9 cm³/mol. The zero-order valence-electron chi connectivity index (χ0n) is 12.2. The molecule has 0 saturated heterocycles. The minimum atomic E-state index is -0.197. The molecule has 0 aliphatic carbocycles. The van der Waals surface area contributed by atoms with E-state index in [1.54, 1.807) is 12.1 Å². The third-order valence-corrected chi connectivity index (χ3v) is 3.04. The minimum absolute atomic E-state index is 0.0369. The Kier molecular flexibility index (Phi) is 4.18. The fourth-order valence-corrected chi connectivity index (χ4v) is 2.21. The van der Waals surface area contributed by atoms with E-state index in [9.17, 15) is 9.90 Å². The minimum Gasteiger partial charge on any atom is -0.508 e. The lowest BCUT2D eigenvalue weighted by atomic mass is 10.1. The van der Waals surface area contributed by atoms with E-state index in [0.717, 1.165) is 5.56 Å². The molecular formula is C15H22N2O3. The van der Waals surface area contributed by atoms with Gasteiger partial charge in [0.2, 0.25) is 5.91 Å². The second-order valence-corrected chi connectivity index (χ2v) is 6.09. The van der Waals surface area contributed by atoms with Gasteiger partial charge in [-0.1, -0.05) is 0 Å². The van der Waals surface area contributed by atoms with Crippen molar-refractivity contribution in [2.75, 3.05) is 13.2 Å². The van der Waals surface area contributed by atoms with Gasteiger partial charge in [0.05, 0.1) is 6.04 Å². The third kappa shape index (κ3) is 3.87. The lowest BCUT2D eigenvalue weighted by molar-refractivity contribution is -0.122. The van der Waals surface area contributed by atoms with E-state index in [-0.39, 0.29) is 23.2 Å². The predicted octanol–water partition coefficient (Wildman–Crippen LogP) is 1.72. The van der Waals surface area contributed by atoms with Crippen LogP contribution in [0.5, 0.6) is 11.5 Å². The lowest BCUT2D eigenvalue weighted by Gasteiger charge is -2.20. The van der Waals surface area contributed by atoms with Crippen molar-refractivity contribution in [2.24, 2.45) is 0 Å². The maximum atomic E-state index is 11.7. The van der Waals surface area contributed by atoms with Gasteiger partial charge in [0.15, 0.2) is 0 Å². The van der Waals surface area contributed by atoms with Gasteiger partial charge in [0.25, 0.3) is 0 Å². The highest BCUT2D eigenvalue weighted by molar-refractivity contribution is 5.76. The van der Waals surface area contributed by atoms with Gasteiger partial charge in [-0.15, -0.1) is 0 Å². The first-order valence-electron chi connectivity index (χ1n) is 6.85. The van der Waals surface area contributed by atoms with E-state index >= 15 is 0 Å². The van der Waals surface area contributed by atoms with E-state index in [1.165, 1.54) is 0 Å². The molecule has 0 radical (unpaired) electrons. The lowest BCUT2D eigenvalue weighted by Crippen LogP contribution is -2.41. The van der Waals surface area contributed by atoms with Crippen molar-refractivity contribution < 1.29 is 14.6 Å². The molecule has 0 bridgehead atoms. The molecule has 3 N–H and O–H groups in total. The molecule has 0 saturated carbocycles. The van der Waals surface area contributed by atoms with Gasteiger partial charge in [0, 0.05) is 30.1 Å². The Morgan fingerprint density at radius 1 is 1.45 bits per heavy atom. The first-order valence-corrected chi connectivity index (χ1v) is 6.85. The Hall–Kier alpha value is -1.75. The van der Waals surface area contributed by atoms with Crippen molar-refractivity contribution in [3.8, 4) is 11.5 Å². The van der Waals surface area contributed by atoms with E-state index in [1.807, 2.05) is 26.8 Å².